The molecule has 1 amide bonds. The van der Waals surface area contributed by atoms with Crippen LogP contribution in [0.15, 0.2) is 18.3 Å². The van der Waals surface area contributed by atoms with Crippen molar-refractivity contribution in [3.8, 4) is 0 Å². The van der Waals surface area contributed by atoms with Crippen LogP contribution in [-0.2, 0) is 0 Å². The molecule has 5 heteroatoms. The first kappa shape index (κ1) is 15.4. The smallest absolute Gasteiger partial charge is 0.254 e. The number of aliphatic hydroxyl groups is 1. The summed E-state index contributed by atoms with van der Waals surface area (Å²) >= 11 is 0. The lowest BCUT2D eigenvalue weighted by atomic mass is 10.2. The quantitative estimate of drug-likeness (QED) is 0.788. The molecule has 0 spiro atoms. The summed E-state index contributed by atoms with van der Waals surface area (Å²) in [7, 11) is 0. The fraction of sp³-hybridized carbons (Fsp3) is 0.571. The third kappa shape index (κ3) is 4.52. The Hall–Kier alpha value is -1.62. The molecule has 0 atom stereocenters. The molecule has 0 saturated heterocycles. The van der Waals surface area contributed by atoms with Gasteiger partial charge in [-0.3, -0.25) is 4.79 Å². The van der Waals surface area contributed by atoms with Crippen molar-refractivity contribution >= 4 is 11.7 Å². The number of carbonyl (C=O) groups is 1. The van der Waals surface area contributed by atoms with E-state index in [1.54, 1.807) is 23.2 Å². The Labute approximate surface area is 114 Å². The van der Waals surface area contributed by atoms with Gasteiger partial charge >= 0.3 is 0 Å². The highest BCUT2D eigenvalue weighted by Crippen LogP contribution is 2.12. The number of hydrogen-bond acceptors (Lipinski definition) is 4. The second kappa shape index (κ2) is 7.74. The van der Waals surface area contributed by atoms with E-state index < -0.39 is 0 Å². The monoisotopic (exact) mass is 265 g/mol. The molecule has 0 radical (unpaired) electrons. The number of nitrogens with one attached hydrogen (secondary N) is 1. The first-order valence-electron chi connectivity index (χ1n) is 6.71. The summed E-state index contributed by atoms with van der Waals surface area (Å²) in [5.41, 5.74) is 0.623. The van der Waals surface area contributed by atoms with Crippen LogP contribution in [0.2, 0.25) is 0 Å². The van der Waals surface area contributed by atoms with Gasteiger partial charge in [-0.05, 0) is 39.3 Å². The number of pyridine rings is 1. The summed E-state index contributed by atoms with van der Waals surface area (Å²) in [6.07, 6.45) is 2.23. The number of carbonyl (C=O) groups excluding carboxylic acids is 1. The minimum atomic E-state index is -0.0231. The second-order valence-corrected chi connectivity index (χ2v) is 4.63. The van der Waals surface area contributed by atoms with Crippen LogP contribution in [0.25, 0.3) is 0 Å². The van der Waals surface area contributed by atoms with Gasteiger partial charge in [-0.2, -0.15) is 0 Å². The molecule has 1 rings (SSSR count). The third-order valence-corrected chi connectivity index (χ3v) is 2.81. The molecule has 1 aromatic rings. The van der Waals surface area contributed by atoms with E-state index in [1.165, 1.54) is 0 Å². The largest absolute Gasteiger partial charge is 0.396 e. The van der Waals surface area contributed by atoms with E-state index in [1.807, 2.05) is 20.8 Å². The molecule has 5 nitrogen and oxygen atoms in total. The summed E-state index contributed by atoms with van der Waals surface area (Å²) in [6, 6.07) is 3.59. The van der Waals surface area contributed by atoms with Gasteiger partial charge in [0, 0.05) is 37.5 Å². The van der Waals surface area contributed by atoms with Crippen LogP contribution < -0.4 is 5.32 Å². The molecule has 0 aliphatic heterocycles. The fourth-order valence-electron chi connectivity index (χ4n) is 1.84. The highest BCUT2D eigenvalue weighted by Gasteiger charge is 2.18. The number of nitrogens with zero attached hydrogens (tertiary/aromatic N) is 2. The molecule has 0 aromatic carbocycles. The zero-order valence-corrected chi connectivity index (χ0v) is 11.9. The summed E-state index contributed by atoms with van der Waals surface area (Å²) in [5, 5.41) is 12.0. The maximum Gasteiger partial charge on any atom is 0.254 e. The summed E-state index contributed by atoms with van der Waals surface area (Å²) < 4.78 is 0. The van der Waals surface area contributed by atoms with Gasteiger partial charge in [-0.15, -0.1) is 0 Å². The van der Waals surface area contributed by atoms with Crippen molar-refractivity contribution in [3.63, 3.8) is 0 Å². The van der Waals surface area contributed by atoms with E-state index in [0.29, 0.717) is 24.3 Å². The minimum absolute atomic E-state index is 0.0231. The Kier molecular flexibility index (Phi) is 6.29. The van der Waals surface area contributed by atoms with Gasteiger partial charge in [0.1, 0.15) is 5.82 Å². The lowest BCUT2D eigenvalue weighted by Crippen LogP contribution is -2.38. The highest BCUT2D eigenvalue weighted by atomic mass is 16.3. The van der Waals surface area contributed by atoms with E-state index in [9.17, 15) is 4.79 Å². The van der Waals surface area contributed by atoms with Gasteiger partial charge in [-0.25, -0.2) is 4.98 Å². The Balaban J connectivity index is 2.86. The van der Waals surface area contributed by atoms with E-state index in [4.69, 9.17) is 5.11 Å². The van der Waals surface area contributed by atoms with Crippen molar-refractivity contribution in [1.82, 2.24) is 9.88 Å². The van der Waals surface area contributed by atoms with Crippen molar-refractivity contribution in [1.29, 1.82) is 0 Å². The van der Waals surface area contributed by atoms with Gasteiger partial charge < -0.3 is 15.3 Å². The van der Waals surface area contributed by atoms with Gasteiger partial charge in [0.2, 0.25) is 0 Å². The standard InChI is InChI=1S/C14H23N3O2/c1-4-15-13-10-12(6-7-16-13)14(19)17(11(2)3)8-5-9-18/h6-7,10-11,18H,4-5,8-9H2,1-3H3,(H,15,16). The summed E-state index contributed by atoms with van der Waals surface area (Å²) in [4.78, 5) is 18.4. The summed E-state index contributed by atoms with van der Waals surface area (Å²) in [5.74, 6) is 0.684. The molecule has 0 bridgehead atoms. The van der Waals surface area contributed by atoms with Crippen molar-refractivity contribution in [2.75, 3.05) is 25.0 Å². The Morgan fingerprint density at radius 2 is 2.26 bits per heavy atom. The predicted molar refractivity (Wildman–Crippen MR) is 76.3 cm³/mol. The van der Waals surface area contributed by atoms with E-state index in [0.717, 1.165) is 6.54 Å². The highest BCUT2D eigenvalue weighted by molar-refractivity contribution is 5.95. The van der Waals surface area contributed by atoms with Crippen LogP contribution in [0.1, 0.15) is 37.6 Å². The number of aliphatic hydroxyl groups excluding tert-OH is 1. The van der Waals surface area contributed by atoms with Crippen molar-refractivity contribution < 1.29 is 9.90 Å². The van der Waals surface area contributed by atoms with Crippen LogP contribution in [0.4, 0.5) is 5.82 Å². The molecule has 0 saturated carbocycles. The molecular formula is C14H23N3O2. The topological polar surface area (TPSA) is 65.5 Å². The van der Waals surface area contributed by atoms with Crippen molar-refractivity contribution in [2.24, 2.45) is 0 Å². The molecule has 2 N–H and O–H groups in total. The first-order chi connectivity index (χ1) is 9.10. The van der Waals surface area contributed by atoms with Crippen LogP contribution in [0, 0.1) is 0 Å². The predicted octanol–water partition coefficient (Wildman–Crippen LogP) is 1.75. The Bertz CT molecular complexity index is 407. The number of rotatable bonds is 7. The maximum atomic E-state index is 12.4. The van der Waals surface area contributed by atoms with Gasteiger partial charge in [0.05, 0.1) is 0 Å². The molecule has 0 fully saturated rings. The fourth-order valence-corrected chi connectivity index (χ4v) is 1.84. The van der Waals surface area contributed by atoms with E-state index >= 15 is 0 Å². The van der Waals surface area contributed by atoms with Gasteiger partial charge in [0.15, 0.2) is 0 Å². The van der Waals surface area contributed by atoms with Crippen LogP contribution >= 0.6 is 0 Å². The van der Waals surface area contributed by atoms with Crippen LogP contribution in [-0.4, -0.2) is 46.6 Å². The molecule has 1 heterocycles. The summed E-state index contributed by atoms with van der Waals surface area (Å²) in [6.45, 7) is 7.35. The number of amides is 1. The lowest BCUT2D eigenvalue weighted by Gasteiger charge is -2.26. The number of hydrogen-bond donors (Lipinski definition) is 2. The lowest BCUT2D eigenvalue weighted by molar-refractivity contribution is 0.0693. The van der Waals surface area contributed by atoms with Gasteiger partial charge in [0.25, 0.3) is 5.91 Å². The minimum Gasteiger partial charge on any atom is -0.396 e. The Morgan fingerprint density at radius 1 is 1.53 bits per heavy atom. The SMILES string of the molecule is CCNc1cc(C(=O)N(CCCO)C(C)C)ccn1. The molecule has 106 valence electrons. The van der Waals surface area contributed by atoms with Crippen LogP contribution in [0.3, 0.4) is 0 Å². The normalized spacial score (nSPS) is 10.6. The average Bonchev–Trinajstić information content (AvgIpc) is 2.39. The number of anilines is 1. The molecule has 0 aliphatic carbocycles. The van der Waals surface area contributed by atoms with Crippen molar-refractivity contribution in [2.45, 2.75) is 33.2 Å². The molecule has 19 heavy (non-hydrogen) atoms. The number of aromatic nitrogens is 1. The average molecular weight is 265 g/mol. The zero-order chi connectivity index (χ0) is 14.3. The third-order valence-electron chi connectivity index (χ3n) is 2.81. The maximum absolute atomic E-state index is 12.4. The zero-order valence-electron chi connectivity index (χ0n) is 11.9. The molecule has 1 aromatic heterocycles. The molecule has 0 unspecified atom stereocenters. The molecular weight excluding hydrogens is 242 g/mol. The van der Waals surface area contributed by atoms with Crippen molar-refractivity contribution in [3.05, 3.63) is 23.9 Å². The first-order valence-corrected chi connectivity index (χ1v) is 6.71. The van der Waals surface area contributed by atoms with Gasteiger partial charge in [-0.1, -0.05) is 0 Å². The van der Waals surface area contributed by atoms with Crippen LogP contribution in [0.5, 0.6) is 0 Å². The second-order valence-electron chi connectivity index (χ2n) is 4.63. The van der Waals surface area contributed by atoms with E-state index in [2.05, 4.69) is 10.3 Å². The van der Waals surface area contributed by atoms with E-state index in [-0.39, 0.29) is 18.6 Å². The Morgan fingerprint density at radius 3 is 2.84 bits per heavy atom. The molecule has 0 aliphatic rings.